The van der Waals surface area contributed by atoms with Crippen molar-refractivity contribution in [3.8, 4) is 0 Å². The van der Waals surface area contributed by atoms with E-state index < -0.39 is 6.04 Å². The molecule has 1 fully saturated rings. The quantitative estimate of drug-likeness (QED) is 0.438. The Morgan fingerprint density at radius 1 is 1.32 bits per heavy atom. The van der Waals surface area contributed by atoms with Crippen LogP contribution in [0.5, 0.6) is 0 Å². The average molecular weight is 267 g/mol. The second-order valence-electron chi connectivity index (χ2n) is 5.22. The molecule has 1 saturated heterocycles. The van der Waals surface area contributed by atoms with Gasteiger partial charge < -0.3 is 10.1 Å². The van der Waals surface area contributed by atoms with E-state index in [0.717, 1.165) is 12.8 Å². The number of allylic oxidation sites excluding steroid dienone is 1. The molecule has 1 N–H and O–H groups in total. The summed E-state index contributed by atoms with van der Waals surface area (Å²) in [5.74, 6) is -0.403. The largest absolute Gasteiger partial charge is 0.461 e. The maximum Gasteiger partial charge on any atom is 0.329 e. The van der Waals surface area contributed by atoms with Gasteiger partial charge in [0.2, 0.25) is 5.91 Å². The predicted molar refractivity (Wildman–Crippen MR) is 74.5 cm³/mol. The third kappa shape index (κ3) is 5.05. The van der Waals surface area contributed by atoms with Crippen LogP contribution in [0, 0.1) is 5.92 Å². The number of carbonyl (C=O) groups excluding carboxylic acids is 2. The van der Waals surface area contributed by atoms with E-state index in [4.69, 9.17) is 4.74 Å². The van der Waals surface area contributed by atoms with Crippen molar-refractivity contribution < 1.29 is 14.3 Å². The number of nitrogens with one attached hydrogen (secondary N) is 1. The van der Waals surface area contributed by atoms with Crippen LogP contribution >= 0.6 is 0 Å². The zero-order chi connectivity index (χ0) is 14.3. The molecule has 0 aromatic rings. The van der Waals surface area contributed by atoms with E-state index in [2.05, 4.69) is 12.2 Å². The van der Waals surface area contributed by atoms with Crippen LogP contribution in [0.25, 0.3) is 0 Å². The lowest BCUT2D eigenvalue weighted by molar-refractivity contribution is -0.143. The molecule has 0 aromatic carbocycles. The van der Waals surface area contributed by atoms with Gasteiger partial charge in [-0.15, -0.1) is 0 Å². The normalized spacial score (nSPS) is 26.7. The van der Waals surface area contributed by atoms with Gasteiger partial charge in [-0.25, -0.2) is 4.79 Å². The van der Waals surface area contributed by atoms with E-state index in [0.29, 0.717) is 6.42 Å². The Morgan fingerprint density at radius 2 is 2.05 bits per heavy atom. The van der Waals surface area contributed by atoms with E-state index in [-0.39, 0.29) is 23.9 Å². The van der Waals surface area contributed by atoms with Crippen LogP contribution in [0.1, 0.15) is 52.9 Å². The summed E-state index contributed by atoms with van der Waals surface area (Å²) in [5, 5.41) is 2.75. The van der Waals surface area contributed by atoms with Gasteiger partial charge in [0.25, 0.3) is 0 Å². The molecule has 0 radical (unpaired) electrons. The molecule has 3 unspecified atom stereocenters. The van der Waals surface area contributed by atoms with Crippen molar-refractivity contribution in [3.63, 3.8) is 0 Å². The van der Waals surface area contributed by atoms with E-state index >= 15 is 0 Å². The van der Waals surface area contributed by atoms with Crippen LogP contribution in [0.4, 0.5) is 0 Å². The van der Waals surface area contributed by atoms with Crippen LogP contribution < -0.4 is 5.32 Å². The number of hydrogen-bond donors (Lipinski definition) is 1. The minimum Gasteiger partial charge on any atom is -0.461 e. The smallest absolute Gasteiger partial charge is 0.329 e. The molecule has 108 valence electrons. The van der Waals surface area contributed by atoms with Gasteiger partial charge in [-0.2, -0.15) is 0 Å². The number of amides is 1. The summed E-state index contributed by atoms with van der Waals surface area (Å²) in [6.45, 7) is 5.93. The Morgan fingerprint density at radius 3 is 2.63 bits per heavy atom. The molecule has 1 heterocycles. The van der Waals surface area contributed by atoms with Crippen molar-refractivity contribution in [2.45, 2.75) is 65.0 Å². The van der Waals surface area contributed by atoms with E-state index in [1.54, 1.807) is 0 Å². The second kappa shape index (κ2) is 7.97. The molecule has 0 aliphatic carbocycles. The predicted octanol–water partition coefficient (Wildman–Crippen LogP) is 2.58. The summed E-state index contributed by atoms with van der Waals surface area (Å²) < 4.78 is 5.09. The molecule has 0 spiro atoms. The van der Waals surface area contributed by atoms with Crippen molar-refractivity contribution in [2.24, 2.45) is 5.92 Å². The number of rotatable bonds is 7. The molecule has 0 aromatic heterocycles. The summed E-state index contributed by atoms with van der Waals surface area (Å²) in [6, 6.07) is -0.490. The highest BCUT2D eigenvalue weighted by Crippen LogP contribution is 2.21. The summed E-state index contributed by atoms with van der Waals surface area (Å²) in [6.07, 6.45) is 8.72. The second-order valence-corrected chi connectivity index (χ2v) is 5.22. The van der Waals surface area contributed by atoms with Gasteiger partial charge in [0.15, 0.2) is 0 Å². The third-order valence-electron chi connectivity index (χ3n) is 3.58. The van der Waals surface area contributed by atoms with Gasteiger partial charge >= 0.3 is 5.97 Å². The summed E-state index contributed by atoms with van der Waals surface area (Å²) in [5.41, 5.74) is 0. The molecule has 3 atom stereocenters. The Hall–Kier alpha value is -1.32. The Kier molecular flexibility index (Phi) is 6.60. The molecule has 1 amide bonds. The number of hydrogen-bond acceptors (Lipinski definition) is 3. The lowest BCUT2D eigenvalue weighted by Gasteiger charge is -2.13. The molecule has 0 bridgehead atoms. The van der Waals surface area contributed by atoms with Crippen molar-refractivity contribution in [3.05, 3.63) is 12.2 Å². The zero-order valence-electron chi connectivity index (χ0n) is 12.1. The lowest BCUT2D eigenvalue weighted by Crippen LogP contribution is -2.41. The Balaban J connectivity index is 2.26. The van der Waals surface area contributed by atoms with Gasteiger partial charge in [-0.1, -0.05) is 38.8 Å². The molecular weight excluding hydrogens is 242 g/mol. The van der Waals surface area contributed by atoms with E-state index in [1.165, 1.54) is 12.8 Å². The monoisotopic (exact) mass is 267 g/mol. The van der Waals surface area contributed by atoms with E-state index in [9.17, 15) is 9.59 Å². The summed E-state index contributed by atoms with van der Waals surface area (Å²) in [7, 11) is 0. The van der Waals surface area contributed by atoms with Gasteiger partial charge in [0, 0.05) is 12.3 Å². The van der Waals surface area contributed by atoms with Crippen LogP contribution in [0.15, 0.2) is 12.2 Å². The SMILES string of the molecule is CCCCC/C=C/CC(=O)NC1C(=O)OC(C)C1C. The highest BCUT2D eigenvalue weighted by atomic mass is 16.6. The third-order valence-corrected chi connectivity index (χ3v) is 3.58. The molecule has 19 heavy (non-hydrogen) atoms. The number of esters is 1. The van der Waals surface area contributed by atoms with Gasteiger partial charge in [-0.05, 0) is 19.8 Å². The molecule has 1 aliphatic rings. The molecule has 1 aliphatic heterocycles. The van der Waals surface area contributed by atoms with Crippen LogP contribution in [-0.4, -0.2) is 24.0 Å². The Bertz CT molecular complexity index is 338. The summed E-state index contributed by atoms with van der Waals surface area (Å²) >= 11 is 0. The first kappa shape index (κ1) is 15.7. The fourth-order valence-corrected chi connectivity index (χ4v) is 2.09. The zero-order valence-corrected chi connectivity index (χ0v) is 12.1. The minimum atomic E-state index is -0.490. The van der Waals surface area contributed by atoms with Crippen LogP contribution in [-0.2, 0) is 14.3 Å². The number of carbonyl (C=O) groups is 2. The maximum atomic E-state index is 11.7. The highest BCUT2D eigenvalue weighted by Gasteiger charge is 2.39. The van der Waals surface area contributed by atoms with Crippen molar-refractivity contribution >= 4 is 11.9 Å². The molecule has 4 nitrogen and oxygen atoms in total. The minimum absolute atomic E-state index is 0.0324. The molecule has 1 rings (SSSR count). The number of unbranched alkanes of at least 4 members (excludes halogenated alkanes) is 3. The molecular formula is C15H25NO3. The number of ether oxygens (including phenoxy) is 1. The topological polar surface area (TPSA) is 55.4 Å². The fraction of sp³-hybridized carbons (Fsp3) is 0.733. The van der Waals surface area contributed by atoms with Crippen molar-refractivity contribution in [2.75, 3.05) is 0 Å². The van der Waals surface area contributed by atoms with Gasteiger partial charge in [-0.3, -0.25) is 4.79 Å². The first-order valence-electron chi connectivity index (χ1n) is 7.21. The standard InChI is InChI=1S/C15H25NO3/c1-4-5-6-7-8-9-10-13(17)16-14-11(2)12(3)19-15(14)18/h8-9,11-12,14H,4-7,10H2,1-3H3,(H,16,17)/b9-8+. The van der Waals surface area contributed by atoms with Gasteiger partial charge in [0.05, 0.1) is 0 Å². The fourth-order valence-electron chi connectivity index (χ4n) is 2.09. The first-order valence-corrected chi connectivity index (χ1v) is 7.21. The molecule has 0 saturated carbocycles. The van der Waals surface area contributed by atoms with E-state index in [1.807, 2.05) is 26.0 Å². The number of cyclic esters (lactones) is 1. The average Bonchev–Trinajstić information content (AvgIpc) is 2.60. The first-order chi connectivity index (χ1) is 9.06. The van der Waals surface area contributed by atoms with Gasteiger partial charge in [0.1, 0.15) is 12.1 Å². The lowest BCUT2D eigenvalue weighted by atomic mass is 10.00. The van der Waals surface area contributed by atoms with Crippen molar-refractivity contribution in [1.82, 2.24) is 5.32 Å². The summed E-state index contributed by atoms with van der Waals surface area (Å²) in [4.78, 5) is 23.2. The van der Waals surface area contributed by atoms with Crippen LogP contribution in [0.3, 0.4) is 0 Å². The Labute approximate surface area is 115 Å². The van der Waals surface area contributed by atoms with Crippen LogP contribution in [0.2, 0.25) is 0 Å². The maximum absolute atomic E-state index is 11.7. The van der Waals surface area contributed by atoms with Crippen molar-refractivity contribution in [1.29, 1.82) is 0 Å². The highest BCUT2D eigenvalue weighted by molar-refractivity contribution is 5.86. The molecule has 4 heteroatoms.